The second kappa shape index (κ2) is 9.09. The minimum atomic E-state index is -0.254. The maximum atomic E-state index is 12.4. The lowest BCUT2D eigenvalue weighted by molar-refractivity contribution is 0.100. The fourth-order valence-corrected chi connectivity index (χ4v) is 2.38. The molecule has 0 radical (unpaired) electrons. The number of hydrogen-bond acceptors (Lipinski definition) is 1. The molecule has 0 saturated heterocycles. The molecule has 0 aliphatic rings. The lowest BCUT2D eigenvalue weighted by Gasteiger charge is -1.98. The van der Waals surface area contributed by atoms with Crippen LogP contribution in [0.25, 0.3) is 12.2 Å². The van der Waals surface area contributed by atoms with E-state index in [-0.39, 0.29) is 5.91 Å². The van der Waals surface area contributed by atoms with Gasteiger partial charge in [-0.3, -0.25) is 4.79 Å². The molecule has 0 aliphatic carbocycles. The molecular weight excluding hydrogens is 318 g/mol. The Kier molecular flexibility index (Phi) is 6.05. The van der Waals surface area contributed by atoms with Gasteiger partial charge >= 0.3 is 0 Å². The standard InChI is InChI=1S/C24H19NO/c26-24(22-14-8-3-9-15-22)25-23(18-16-20-10-4-1-5-11-20)19-17-21-12-6-2-7-13-21/h1-19H/b18-16-,19-17+,25-23?. The first-order chi connectivity index (χ1) is 12.8. The monoisotopic (exact) mass is 337 g/mol. The van der Waals surface area contributed by atoms with Crippen molar-refractivity contribution in [1.82, 2.24) is 0 Å². The second-order valence-electron chi connectivity index (χ2n) is 5.70. The van der Waals surface area contributed by atoms with E-state index in [2.05, 4.69) is 4.99 Å². The van der Waals surface area contributed by atoms with Crippen molar-refractivity contribution in [3.63, 3.8) is 0 Å². The van der Waals surface area contributed by atoms with Crippen LogP contribution in [0.15, 0.2) is 108 Å². The minimum Gasteiger partial charge on any atom is -0.267 e. The zero-order valence-electron chi connectivity index (χ0n) is 14.3. The van der Waals surface area contributed by atoms with Gasteiger partial charge in [0, 0.05) is 5.56 Å². The van der Waals surface area contributed by atoms with Gasteiger partial charge in [0.1, 0.15) is 0 Å². The number of carbonyl (C=O) groups excluding carboxylic acids is 1. The van der Waals surface area contributed by atoms with E-state index in [1.54, 1.807) is 12.1 Å². The average Bonchev–Trinajstić information content (AvgIpc) is 2.72. The molecule has 0 saturated carbocycles. The average molecular weight is 337 g/mol. The van der Waals surface area contributed by atoms with Crippen LogP contribution in [-0.4, -0.2) is 11.6 Å². The number of carbonyl (C=O) groups is 1. The first kappa shape index (κ1) is 17.3. The lowest BCUT2D eigenvalue weighted by atomic mass is 10.1. The summed E-state index contributed by atoms with van der Waals surface area (Å²) >= 11 is 0. The molecule has 126 valence electrons. The van der Waals surface area contributed by atoms with Crippen LogP contribution >= 0.6 is 0 Å². The maximum Gasteiger partial charge on any atom is 0.277 e. The van der Waals surface area contributed by atoms with E-state index >= 15 is 0 Å². The molecule has 26 heavy (non-hydrogen) atoms. The summed E-state index contributed by atoms with van der Waals surface area (Å²) in [6.07, 6.45) is 7.62. The highest BCUT2D eigenvalue weighted by Crippen LogP contribution is 2.07. The summed E-state index contributed by atoms with van der Waals surface area (Å²) in [4.78, 5) is 16.7. The maximum absolute atomic E-state index is 12.4. The molecular formula is C24H19NO. The van der Waals surface area contributed by atoms with Crippen molar-refractivity contribution < 1.29 is 4.79 Å². The molecule has 0 N–H and O–H groups in total. The van der Waals surface area contributed by atoms with Gasteiger partial charge in [-0.1, -0.05) is 91.0 Å². The molecule has 0 heterocycles. The van der Waals surface area contributed by atoms with E-state index in [0.29, 0.717) is 11.3 Å². The van der Waals surface area contributed by atoms with Crippen LogP contribution in [0.5, 0.6) is 0 Å². The van der Waals surface area contributed by atoms with Gasteiger partial charge in [0.25, 0.3) is 5.91 Å². The molecule has 0 aromatic heterocycles. The normalized spacial score (nSPS) is 11.9. The van der Waals surface area contributed by atoms with Crippen molar-refractivity contribution >= 4 is 23.8 Å². The molecule has 0 bridgehead atoms. The van der Waals surface area contributed by atoms with Gasteiger partial charge in [-0.15, -0.1) is 0 Å². The van der Waals surface area contributed by atoms with E-state index in [1.165, 1.54) is 0 Å². The Balaban J connectivity index is 1.88. The van der Waals surface area contributed by atoms with Crippen LogP contribution in [0.4, 0.5) is 0 Å². The molecule has 3 aromatic rings. The Hall–Kier alpha value is -3.52. The van der Waals surface area contributed by atoms with Crippen molar-refractivity contribution in [3.8, 4) is 0 Å². The topological polar surface area (TPSA) is 29.4 Å². The SMILES string of the molecule is O=C(N=C(/C=C\c1ccccc1)/C=C/c1ccccc1)c1ccccc1. The zero-order chi connectivity index (χ0) is 18.0. The summed E-state index contributed by atoms with van der Waals surface area (Å²) in [6, 6.07) is 29.0. The molecule has 2 heteroatoms. The van der Waals surface area contributed by atoms with Gasteiger partial charge in [-0.25, -0.2) is 4.99 Å². The van der Waals surface area contributed by atoms with Gasteiger partial charge in [0.2, 0.25) is 0 Å². The molecule has 3 rings (SSSR count). The van der Waals surface area contributed by atoms with Crippen LogP contribution in [0.2, 0.25) is 0 Å². The lowest BCUT2D eigenvalue weighted by Crippen LogP contribution is -1.99. The highest BCUT2D eigenvalue weighted by molar-refractivity contribution is 6.15. The summed E-state index contributed by atoms with van der Waals surface area (Å²) in [7, 11) is 0. The van der Waals surface area contributed by atoms with Gasteiger partial charge < -0.3 is 0 Å². The van der Waals surface area contributed by atoms with E-state index in [4.69, 9.17) is 0 Å². The van der Waals surface area contributed by atoms with Crippen molar-refractivity contribution in [2.45, 2.75) is 0 Å². The first-order valence-corrected chi connectivity index (χ1v) is 8.45. The van der Waals surface area contributed by atoms with Crippen LogP contribution in [-0.2, 0) is 0 Å². The Morgan fingerprint density at radius 2 is 1.04 bits per heavy atom. The highest BCUT2D eigenvalue weighted by Gasteiger charge is 2.03. The predicted octanol–water partition coefficient (Wildman–Crippen LogP) is 5.69. The summed E-state index contributed by atoms with van der Waals surface area (Å²) in [5.74, 6) is -0.254. The molecule has 0 unspecified atom stereocenters. The molecule has 0 aliphatic heterocycles. The van der Waals surface area contributed by atoms with E-state index < -0.39 is 0 Å². The van der Waals surface area contributed by atoms with E-state index in [0.717, 1.165) is 11.1 Å². The number of nitrogens with zero attached hydrogens (tertiary/aromatic N) is 1. The summed E-state index contributed by atoms with van der Waals surface area (Å²) < 4.78 is 0. The third kappa shape index (κ3) is 5.25. The number of benzene rings is 3. The second-order valence-corrected chi connectivity index (χ2v) is 5.70. The molecule has 1 amide bonds. The Morgan fingerprint density at radius 1 is 0.615 bits per heavy atom. The van der Waals surface area contributed by atoms with Crippen LogP contribution < -0.4 is 0 Å². The van der Waals surface area contributed by atoms with Crippen molar-refractivity contribution in [3.05, 3.63) is 120 Å². The Morgan fingerprint density at radius 3 is 1.50 bits per heavy atom. The number of rotatable bonds is 5. The molecule has 0 atom stereocenters. The van der Waals surface area contributed by atoms with Crippen molar-refractivity contribution in [2.75, 3.05) is 0 Å². The Bertz CT molecular complexity index is 872. The number of hydrogen-bond donors (Lipinski definition) is 0. The summed E-state index contributed by atoms with van der Waals surface area (Å²) in [6.45, 7) is 0. The van der Waals surface area contributed by atoms with E-state index in [1.807, 2.05) is 103 Å². The van der Waals surface area contributed by atoms with Crippen LogP contribution in [0.3, 0.4) is 0 Å². The quantitative estimate of drug-likeness (QED) is 0.550. The zero-order valence-corrected chi connectivity index (χ0v) is 14.3. The van der Waals surface area contributed by atoms with Crippen molar-refractivity contribution in [2.24, 2.45) is 4.99 Å². The number of allylic oxidation sites excluding steroid dienone is 2. The van der Waals surface area contributed by atoms with Gasteiger partial charge in [-0.2, -0.15) is 0 Å². The third-order valence-electron chi connectivity index (χ3n) is 3.74. The molecule has 2 nitrogen and oxygen atoms in total. The van der Waals surface area contributed by atoms with Crippen LogP contribution in [0, 0.1) is 0 Å². The number of amides is 1. The third-order valence-corrected chi connectivity index (χ3v) is 3.74. The van der Waals surface area contributed by atoms with Gasteiger partial charge in [0.15, 0.2) is 0 Å². The van der Waals surface area contributed by atoms with Gasteiger partial charge in [0.05, 0.1) is 5.71 Å². The minimum absolute atomic E-state index is 0.254. The Labute approximate surface area is 153 Å². The van der Waals surface area contributed by atoms with Crippen molar-refractivity contribution in [1.29, 1.82) is 0 Å². The summed E-state index contributed by atoms with van der Waals surface area (Å²) in [5.41, 5.74) is 3.29. The van der Waals surface area contributed by atoms with Gasteiger partial charge in [-0.05, 0) is 35.4 Å². The smallest absolute Gasteiger partial charge is 0.267 e. The van der Waals surface area contributed by atoms with E-state index in [9.17, 15) is 4.79 Å². The molecule has 3 aromatic carbocycles. The van der Waals surface area contributed by atoms with Crippen LogP contribution in [0.1, 0.15) is 21.5 Å². The number of aliphatic imine (C=N–C) groups is 1. The highest BCUT2D eigenvalue weighted by atomic mass is 16.1. The first-order valence-electron chi connectivity index (χ1n) is 8.45. The summed E-state index contributed by atoms with van der Waals surface area (Å²) in [5, 5.41) is 0. The fourth-order valence-electron chi connectivity index (χ4n) is 2.38. The fraction of sp³-hybridized carbons (Fsp3) is 0. The molecule has 0 fully saturated rings. The predicted molar refractivity (Wildman–Crippen MR) is 109 cm³/mol. The largest absolute Gasteiger partial charge is 0.277 e. The molecule has 0 spiro atoms.